The number of carbonyl (C=O) groups is 3. The Labute approximate surface area is 115 Å². The lowest BCUT2D eigenvalue weighted by molar-refractivity contribution is -0.171. The fraction of sp³-hybridized carbons (Fsp3) is 0.600. The average Bonchev–Trinajstić information content (AvgIpc) is 2.66. The highest BCUT2D eigenvalue weighted by molar-refractivity contribution is 6.00. The molecule has 0 bridgehead atoms. The highest BCUT2D eigenvalue weighted by atomic mass is 16.5. The van der Waals surface area contributed by atoms with Crippen molar-refractivity contribution < 1.29 is 24.7 Å². The van der Waals surface area contributed by atoms with Gasteiger partial charge in [0.25, 0.3) is 11.8 Å². The molecule has 1 fully saturated rings. The summed E-state index contributed by atoms with van der Waals surface area (Å²) in [6, 6.07) is -0.820. The molecule has 1 saturated heterocycles. The van der Waals surface area contributed by atoms with Crippen molar-refractivity contribution in [3.63, 3.8) is 0 Å². The quantitative estimate of drug-likeness (QED) is 0.126. The van der Waals surface area contributed by atoms with Crippen molar-refractivity contribution in [1.29, 1.82) is 0 Å². The molecule has 2 amide bonds. The van der Waals surface area contributed by atoms with E-state index in [4.69, 9.17) is 27.5 Å². The zero-order chi connectivity index (χ0) is 15.7. The standard InChI is InChI=1S/C6H14N4O2.C4H5NO3/c7-4(5(11)12)2-1-3-10-6(8)9;6-3-1-2-4(7)5(3)8/h4H,1-3,7H2,(H,11,12)(H4,8,9,10);8H,1-2H2/t4-;/m0./s1. The molecule has 0 aromatic rings. The molecule has 0 radical (unpaired) electrons. The van der Waals surface area contributed by atoms with Crippen LogP contribution in [0, 0.1) is 0 Å². The number of aliphatic imine (C=N–C) groups is 1. The van der Waals surface area contributed by atoms with Gasteiger partial charge in [-0.1, -0.05) is 0 Å². The Morgan fingerprint density at radius 3 is 2.10 bits per heavy atom. The minimum atomic E-state index is -1.00. The molecular formula is C10H19N5O5. The fourth-order valence-corrected chi connectivity index (χ4v) is 1.21. The second-order valence-corrected chi connectivity index (χ2v) is 3.99. The van der Waals surface area contributed by atoms with E-state index in [1.54, 1.807) is 0 Å². The van der Waals surface area contributed by atoms with Crippen LogP contribution in [0.1, 0.15) is 25.7 Å². The molecule has 114 valence electrons. The molecule has 1 atom stereocenters. The van der Waals surface area contributed by atoms with Crippen LogP contribution < -0.4 is 17.2 Å². The number of nitrogens with two attached hydrogens (primary N) is 3. The summed E-state index contributed by atoms with van der Waals surface area (Å²) in [5.74, 6) is -2.00. The summed E-state index contributed by atoms with van der Waals surface area (Å²) in [5.41, 5.74) is 15.3. The Balaban J connectivity index is 0.000000388. The SMILES string of the molecule is NC(N)=NCCC[C@H](N)C(=O)O.O=C1CCC(=O)N1O. The maximum Gasteiger partial charge on any atom is 0.320 e. The van der Waals surface area contributed by atoms with E-state index in [1.165, 1.54) is 0 Å². The second kappa shape index (κ2) is 8.82. The van der Waals surface area contributed by atoms with Crippen LogP contribution in [0.4, 0.5) is 0 Å². The largest absolute Gasteiger partial charge is 0.480 e. The Bertz CT molecular complexity index is 377. The molecule has 0 spiro atoms. The molecule has 1 rings (SSSR count). The molecule has 1 heterocycles. The Kier molecular flexibility index (Phi) is 7.85. The Hall–Kier alpha value is -2.20. The van der Waals surface area contributed by atoms with Crippen molar-refractivity contribution in [3.8, 4) is 0 Å². The third-order valence-corrected chi connectivity index (χ3v) is 2.31. The molecule has 0 aliphatic carbocycles. The lowest BCUT2D eigenvalue weighted by Gasteiger charge is -2.03. The van der Waals surface area contributed by atoms with Crippen molar-refractivity contribution in [2.24, 2.45) is 22.2 Å². The first-order chi connectivity index (χ1) is 9.25. The predicted molar refractivity (Wildman–Crippen MR) is 68.4 cm³/mol. The highest BCUT2D eigenvalue weighted by Crippen LogP contribution is 2.07. The van der Waals surface area contributed by atoms with E-state index >= 15 is 0 Å². The maximum absolute atomic E-state index is 10.2. The fourth-order valence-electron chi connectivity index (χ4n) is 1.21. The number of hydrogen-bond acceptors (Lipinski definition) is 6. The smallest absolute Gasteiger partial charge is 0.320 e. The first-order valence-electron chi connectivity index (χ1n) is 5.84. The molecule has 0 unspecified atom stereocenters. The summed E-state index contributed by atoms with van der Waals surface area (Å²) < 4.78 is 0. The van der Waals surface area contributed by atoms with Crippen LogP contribution in [0.15, 0.2) is 4.99 Å². The van der Waals surface area contributed by atoms with Crippen molar-refractivity contribution in [3.05, 3.63) is 0 Å². The van der Waals surface area contributed by atoms with Gasteiger partial charge in [-0.15, -0.1) is 0 Å². The molecular weight excluding hydrogens is 270 g/mol. The number of guanidine groups is 1. The predicted octanol–water partition coefficient (Wildman–Crippen LogP) is -2.02. The van der Waals surface area contributed by atoms with Crippen LogP contribution >= 0.6 is 0 Å². The number of rotatable bonds is 5. The summed E-state index contributed by atoms with van der Waals surface area (Å²) in [6.45, 7) is 0.420. The number of amides is 2. The zero-order valence-electron chi connectivity index (χ0n) is 10.9. The van der Waals surface area contributed by atoms with E-state index in [0.29, 0.717) is 19.4 Å². The zero-order valence-corrected chi connectivity index (χ0v) is 10.9. The van der Waals surface area contributed by atoms with Crippen LogP contribution in [0.3, 0.4) is 0 Å². The molecule has 0 saturated carbocycles. The summed E-state index contributed by atoms with van der Waals surface area (Å²) >= 11 is 0. The van der Waals surface area contributed by atoms with E-state index in [-0.39, 0.29) is 23.9 Å². The van der Waals surface area contributed by atoms with Crippen LogP contribution in [-0.2, 0) is 14.4 Å². The average molecular weight is 289 g/mol. The topological polar surface area (TPSA) is 185 Å². The molecule has 10 nitrogen and oxygen atoms in total. The lowest BCUT2D eigenvalue weighted by Crippen LogP contribution is -2.30. The number of nitrogens with zero attached hydrogens (tertiary/aromatic N) is 2. The van der Waals surface area contributed by atoms with Crippen LogP contribution in [-0.4, -0.2) is 51.7 Å². The first kappa shape index (κ1) is 17.8. The molecule has 0 aromatic carbocycles. The number of aliphatic carboxylic acids is 1. The Morgan fingerprint density at radius 2 is 1.80 bits per heavy atom. The van der Waals surface area contributed by atoms with Crippen LogP contribution in [0.25, 0.3) is 0 Å². The van der Waals surface area contributed by atoms with Gasteiger partial charge in [-0.05, 0) is 12.8 Å². The maximum atomic E-state index is 10.2. The minimum Gasteiger partial charge on any atom is -0.480 e. The molecule has 0 aromatic heterocycles. The number of carboxylic acids is 1. The molecule has 1 aliphatic rings. The number of hydroxylamine groups is 2. The van der Waals surface area contributed by atoms with Gasteiger partial charge >= 0.3 is 5.97 Å². The third kappa shape index (κ3) is 7.28. The number of hydrogen-bond donors (Lipinski definition) is 5. The number of carboxylic acid groups (broad SMARTS) is 1. The van der Waals surface area contributed by atoms with Gasteiger partial charge < -0.3 is 22.3 Å². The van der Waals surface area contributed by atoms with Gasteiger partial charge in [0.1, 0.15) is 6.04 Å². The van der Waals surface area contributed by atoms with Gasteiger partial charge in [-0.2, -0.15) is 5.06 Å². The van der Waals surface area contributed by atoms with Crippen molar-refractivity contribution >= 4 is 23.7 Å². The molecule has 8 N–H and O–H groups in total. The van der Waals surface area contributed by atoms with Gasteiger partial charge in [0.15, 0.2) is 5.96 Å². The minimum absolute atomic E-state index is 0.0129. The van der Waals surface area contributed by atoms with Crippen LogP contribution in [0.2, 0.25) is 0 Å². The summed E-state index contributed by atoms with van der Waals surface area (Å²) in [4.78, 5) is 34.4. The lowest BCUT2D eigenvalue weighted by atomic mass is 10.2. The molecule has 10 heteroatoms. The summed E-state index contributed by atoms with van der Waals surface area (Å²) in [5, 5.41) is 16.9. The molecule has 20 heavy (non-hydrogen) atoms. The monoisotopic (exact) mass is 289 g/mol. The van der Waals surface area contributed by atoms with Gasteiger partial charge in [0, 0.05) is 19.4 Å². The summed E-state index contributed by atoms with van der Waals surface area (Å²) in [7, 11) is 0. The van der Waals surface area contributed by atoms with E-state index < -0.39 is 23.8 Å². The number of carbonyl (C=O) groups excluding carboxylic acids is 2. The van der Waals surface area contributed by atoms with Crippen LogP contribution in [0.5, 0.6) is 0 Å². The van der Waals surface area contributed by atoms with Gasteiger partial charge in [0.2, 0.25) is 0 Å². The Morgan fingerprint density at radius 1 is 1.30 bits per heavy atom. The van der Waals surface area contributed by atoms with Crippen molar-refractivity contribution in [1.82, 2.24) is 5.06 Å². The third-order valence-electron chi connectivity index (χ3n) is 2.31. The summed E-state index contributed by atoms with van der Waals surface area (Å²) in [6.07, 6.45) is 1.25. The highest BCUT2D eigenvalue weighted by Gasteiger charge is 2.26. The van der Waals surface area contributed by atoms with Crippen molar-refractivity contribution in [2.45, 2.75) is 31.7 Å². The van der Waals surface area contributed by atoms with Gasteiger partial charge in [-0.25, -0.2) is 0 Å². The van der Waals surface area contributed by atoms with E-state index in [2.05, 4.69) is 4.99 Å². The number of imide groups is 1. The van der Waals surface area contributed by atoms with Crippen molar-refractivity contribution in [2.75, 3.05) is 6.54 Å². The molecule has 1 aliphatic heterocycles. The first-order valence-corrected chi connectivity index (χ1v) is 5.84. The van der Waals surface area contributed by atoms with E-state index in [0.717, 1.165) is 0 Å². The second-order valence-electron chi connectivity index (χ2n) is 3.99. The van der Waals surface area contributed by atoms with Gasteiger partial charge in [-0.3, -0.25) is 24.6 Å². The normalized spacial score (nSPS) is 15.4. The van der Waals surface area contributed by atoms with E-state index in [1.807, 2.05) is 0 Å². The van der Waals surface area contributed by atoms with Gasteiger partial charge in [0.05, 0.1) is 0 Å². The van der Waals surface area contributed by atoms with E-state index in [9.17, 15) is 14.4 Å².